The molecule has 1 atom stereocenters. The van der Waals surface area contributed by atoms with E-state index in [0.717, 1.165) is 34.2 Å². The standard InChI is InChI=1S/C22H30BNO4/c1-12-13(2)15(4)20(19(14(12)3)22(6,7)11-18(23)26)28-21(27)17-9-8-10-24(17)16(5)25/h17H,8-11H2,1-7H3. The van der Waals surface area contributed by atoms with Crippen LogP contribution in [0.2, 0.25) is 0 Å². The molecule has 150 valence electrons. The number of nitrogens with zero attached hydrogens (tertiary/aromatic N) is 1. The van der Waals surface area contributed by atoms with Crippen LogP contribution in [-0.4, -0.2) is 42.9 Å². The summed E-state index contributed by atoms with van der Waals surface area (Å²) < 4.78 is 5.94. The molecule has 1 aromatic rings. The van der Waals surface area contributed by atoms with Crippen molar-refractivity contribution in [1.82, 2.24) is 4.90 Å². The molecular formula is C22H30BNO4. The highest BCUT2D eigenvalue weighted by molar-refractivity contribution is 6.57. The Balaban J connectivity index is 2.55. The molecule has 0 aliphatic carbocycles. The van der Waals surface area contributed by atoms with Crippen LogP contribution in [0.4, 0.5) is 0 Å². The first kappa shape index (κ1) is 22.2. The van der Waals surface area contributed by atoms with Crippen molar-refractivity contribution >= 4 is 25.4 Å². The molecule has 2 rings (SSSR count). The molecule has 1 aliphatic rings. The monoisotopic (exact) mass is 383 g/mol. The van der Waals surface area contributed by atoms with E-state index in [4.69, 9.17) is 12.6 Å². The van der Waals surface area contributed by atoms with Gasteiger partial charge in [-0.25, -0.2) is 4.79 Å². The second-order valence-electron chi connectivity index (χ2n) is 8.52. The van der Waals surface area contributed by atoms with Gasteiger partial charge in [-0.3, -0.25) is 4.79 Å². The van der Waals surface area contributed by atoms with E-state index in [-0.39, 0.29) is 12.3 Å². The van der Waals surface area contributed by atoms with Crippen LogP contribution < -0.4 is 4.74 Å². The van der Waals surface area contributed by atoms with Crippen LogP contribution in [0, 0.1) is 27.7 Å². The molecule has 2 radical (unpaired) electrons. The summed E-state index contributed by atoms with van der Waals surface area (Å²) in [7, 11) is 5.48. The summed E-state index contributed by atoms with van der Waals surface area (Å²) in [6, 6.07) is -0.564. The first-order chi connectivity index (χ1) is 12.9. The summed E-state index contributed by atoms with van der Waals surface area (Å²) in [4.78, 5) is 38.1. The average Bonchev–Trinajstić information content (AvgIpc) is 3.06. The zero-order chi connectivity index (χ0) is 21.4. The highest BCUT2D eigenvalue weighted by atomic mass is 16.5. The van der Waals surface area contributed by atoms with Gasteiger partial charge in [0.05, 0.1) is 5.68 Å². The molecule has 1 amide bonds. The molecule has 0 bridgehead atoms. The van der Waals surface area contributed by atoms with E-state index >= 15 is 0 Å². The number of amides is 1. The summed E-state index contributed by atoms with van der Waals surface area (Å²) in [6.07, 6.45) is 1.52. The van der Waals surface area contributed by atoms with Gasteiger partial charge < -0.3 is 14.4 Å². The zero-order valence-electron chi connectivity index (χ0n) is 18.1. The molecule has 1 saturated heterocycles. The molecule has 1 aliphatic heterocycles. The molecular weight excluding hydrogens is 353 g/mol. The van der Waals surface area contributed by atoms with E-state index in [0.29, 0.717) is 18.7 Å². The predicted octanol–water partition coefficient (Wildman–Crippen LogP) is 3.20. The summed E-state index contributed by atoms with van der Waals surface area (Å²) in [5.74, 6) is -0.0523. The van der Waals surface area contributed by atoms with Gasteiger partial charge in [0, 0.05) is 25.5 Å². The largest absolute Gasteiger partial charge is 0.424 e. The van der Waals surface area contributed by atoms with Gasteiger partial charge >= 0.3 is 5.97 Å². The normalized spacial score (nSPS) is 17.0. The molecule has 0 saturated carbocycles. The highest BCUT2D eigenvalue weighted by Crippen LogP contribution is 2.42. The molecule has 1 unspecified atom stereocenters. The maximum atomic E-state index is 13.0. The Morgan fingerprint density at radius 3 is 2.18 bits per heavy atom. The minimum atomic E-state index is -0.593. The maximum Gasteiger partial charge on any atom is 0.334 e. The molecule has 0 spiro atoms. The summed E-state index contributed by atoms with van der Waals surface area (Å²) in [5, 5.41) is 0. The van der Waals surface area contributed by atoms with Crippen molar-refractivity contribution < 1.29 is 19.1 Å². The molecule has 28 heavy (non-hydrogen) atoms. The number of carbonyl (C=O) groups is 3. The van der Waals surface area contributed by atoms with Gasteiger partial charge in [-0.05, 0) is 68.2 Å². The third-order valence-electron chi connectivity index (χ3n) is 6.06. The lowest BCUT2D eigenvalue weighted by Crippen LogP contribution is -2.41. The van der Waals surface area contributed by atoms with Gasteiger partial charge in [0.1, 0.15) is 11.8 Å². The van der Waals surface area contributed by atoms with Crippen molar-refractivity contribution in [3.63, 3.8) is 0 Å². The number of carbonyl (C=O) groups excluding carboxylic acids is 3. The van der Waals surface area contributed by atoms with Gasteiger partial charge in [0.25, 0.3) is 0 Å². The van der Waals surface area contributed by atoms with E-state index < -0.39 is 23.1 Å². The third kappa shape index (κ3) is 4.16. The number of esters is 1. The van der Waals surface area contributed by atoms with E-state index in [1.54, 1.807) is 4.90 Å². The minimum Gasteiger partial charge on any atom is -0.424 e. The van der Waals surface area contributed by atoms with Crippen LogP contribution in [-0.2, 0) is 19.8 Å². The van der Waals surface area contributed by atoms with Crippen molar-refractivity contribution in [3.05, 3.63) is 27.8 Å². The SMILES string of the molecule is [B]C(=O)CC(C)(C)c1c(C)c(C)c(C)c(C)c1OC(=O)C1CCCN1C(C)=O. The number of hydrogen-bond acceptors (Lipinski definition) is 4. The van der Waals surface area contributed by atoms with Crippen LogP contribution in [0.5, 0.6) is 5.75 Å². The molecule has 6 heteroatoms. The smallest absolute Gasteiger partial charge is 0.334 e. The van der Waals surface area contributed by atoms with Crippen LogP contribution in [0.1, 0.15) is 67.9 Å². The van der Waals surface area contributed by atoms with E-state index in [1.165, 1.54) is 6.92 Å². The first-order valence-electron chi connectivity index (χ1n) is 9.76. The van der Waals surface area contributed by atoms with Gasteiger partial charge in [-0.15, -0.1) is 0 Å². The fourth-order valence-electron chi connectivity index (χ4n) is 4.30. The fraction of sp³-hybridized carbons (Fsp3) is 0.591. The number of rotatable bonds is 5. The minimum absolute atomic E-state index is 0.123. The Labute approximate surface area is 169 Å². The first-order valence-corrected chi connectivity index (χ1v) is 9.76. The van der Waals surface area contributed by atoms with Crippen molar-refractivity contribution in [1.29, 1.82) is 0 Å². The van der Waals surface area contributed by atoms with E-state index in [1.807, 2.05) is 41.5 Å². The van der Waals surface area contributed by atoms with Crippen molar-refractivity contribution in [2.24, 2.45) is 0 Å². The number of ether oxygens (including phenoxy) is 1. The molecule has 5 nitrogen and oxygen atoms in total. The Bertz CT molecular complexity index is 829. The summed E-state index contributed by atoms with van der Waals surface area (Å²) in [6.45, 7) is 13.8. The Morgan fingerprint density at radius 1 is 1.07 bits per heavy atom. The van der Waals surface area contributed by atoms with Crippen molar-refractivity contribution in [2.45, 2.75) is 79.2 Å². The summed E-state index contributed by atoms with van der Waals surface area (Å²) in [5.41, 5.74) is 3.85. The van der Waals surface area contributed by atoms with Gasteiger partial charge in [-0.2, -0.15) is 0 Å². The van der Waals surface area contributed by atoms with Crippen molar-refractivity contribution in [3.8, 4) is 5.75 Å². The van der Waals surface area contributed by atoms with Crippen LogP contribution in [0.3, 0.4) is 0 Å². The quantitative estimate of drug-likeness (QED) is 0.445. The lowest BCUT2D eigenvalue weighted by atomic mass is 9.72. The lowest BCUT2D eigenvalue weighted by Gasteiger charge is -2.32. The predicted molar refractivity (Wildman–Crippen MR) is 110 cm³/mol. The van der Waals surface area contributed by atoms with Gasteiger partial charge in [-0.1, -0.05) is 13.8 Å². The third-order valence-corrected chi connectivity index (χ3v) is 6.06. The Kier molecular flexibility index (Phi) is 6.42. The fourth-order valence-corrected chi connectivity index (χ4v) is 4.30. The summed E-state index contributed by atoms with van der Waals surface area (Å²) >= 11 is 0. The number of hydrogen-bond donors (Lipinski definition) is 0. The van der Waals surface area contributed by atoms with Crippen molar-refractivity contribution in [2.75, 3.05) is 6.54 Å². The van der Waals surface area contributed by atoms with E-state index in [9.17, 15) is 14.4 Å². The molecule has 0 N–H and O–H groups in total. The van der Waals surface area contributed by atoms with Crippen LogP contribution in [0.25, 0.3) is 0 Å². The second kappa shape index (κ2) is 8.10. The van der Waals surface area contributed by atoms with Crippen LogP contribution >= 0.6 is 0 Å². The zero-order valence-corrected chi connectivity index (χ0v) is 18.1. The molecule has 1 fully saturated rings. The number of benzene rings is 1. The molecule has 0 aromatic heterocycles. The highest BCUT2D eigenvalue weighted by Gasteiger charge is 2.36. The molecule has 1 aromatic carbocycles. The maximum absolute atomic E-state index is 13.0. The molecule has 1 heterocycles. The number of likely N-dealkylation sites (tertiary alicyclic amines) is 1. The van der Waals surface area contributed by atoms with E-state index in [2.05, 4.69) is 0 Å². The Hall–Kier alpha value is -2.11. The average molecular weight is 383 g/mol. The topological polar surface area (TPSA) is 63.7 Å². The Morgan fingerprint density at radius 2 is 1.64 bits per heavy atom. The lowest BCUT2D eigenvalue weighted by molar-refractivity contribution is -0.145. The van der Waals surface area contributed by atoms with Gasteiger partial charge in [0.15, 0.2) is 7.85 Å². The van der Waals surface area contributed by atoms with Crippen LogP contribution in [0.15, 0.2) is 0 Å². The second-order valence-corrected chi connectivity index (χ2v) is 8.52. The van der Waals surface area contributed by atoms with Gasteiger partial charge in [0.2, 0.25) is 5.91 Å².